The minimum absolute atomic E-state index is 0.0704. The van der Waals surface area contributed by atoms with E-state index < -0.39 is 18.8 Å². The number of halogens is 3. The molecule has 0 amide bonds. The third-order valence-corrected chi connectivity index (χ3v) is 4.24. The number of nitrogens with zero attached hydrogens (tertiary/aromatic N) is 1. The van der Waals surface area contributed by atoms with Gasteiger partial charge in [0.1, 0.15) is 0 Å². The van der Waals surface area contributed by atoms with Crippen molar-refractivity contribution in [1.82, 2.24) is 4.98 Å². The van der Waals surface area contributed by atoms with Gasteiger partial charge in [-0.25, -0.2) is 0 Å². The molecule has 1 aromatic carbocycles. The summed E-state index contributed by atoms with van der Waals surface area (Å²) in [7, 11) is -5.60. The quantitative estimate of drug-likeness (QED) is 0.812. The largest absolute Gasteiger partial charge is 0.399 e. The molecular formula is C11H9BrF2NO3P. The molecule has 2 N–H and O–H groups in total. The molecule has 4 nitrogen and oxygen atoms in total. The zero-order valence-electron chi connectivity index (χ0n) is 9.64. The third kappa shape index (κ3) is 2.56. The first-order chi connectivity index (χ1) is 8.63. The molecule has 0 saturated heterocycles. The van der Waals surface area contributed by atoms with Gasteiger partial charge in [-0.1, -0.05) is 22.0 Å². The molecule has 0 aliphatic carbocycles. The summed E-state index contributed by atoms with van der Waals surface area (Å²) in [5.41, 5.74) is -4.15. The van der Waals surface area contributed by atoms with Gasteiger partial charge < -0.3 is 9.79 Å². The van der Waals surface area contributed by atoms with Crippen LogP contribution in [-0.2, 0) is 10.2 Å². The maximum absolute atomic E-state index is 13.7. The van der Waals surface area contributed by atoms with Gasteiger partial charge >= 0.3 is 13.3 Å². The molecule has 0 fully saturated rings. The van der Waals surface area contributed by atoms with Gasteiger partial charge in [0.2, 0.25) is 0 Å². The number of hydrogen-bond donors (Lipinski definition) is 2. The Labute approximate surface area is 115 Å². The molecule has 0 aliphatic heterocycles. The number of aromatic nitrogens is 1. The predicted molar refractivity (Wildman–Crippen MR) is 70.1 cm³/mol. The van der Waals surface area contributed by atoms with Crippen LogP contribution in [0.1, 0.15) is 11.3 Å². The van der Waals surface area contributed by atoms with Crippen LogP contribution in [0.2, 0.25) is 0 Å². The summed E-state index contributed by atoms with van der Waals surface area (Å²) in [5, 5.41) is 0.600. The first-order valence-electron chi connectivity index (χ1n) is 5.14. The van der Waals surface area contributed by atoms with Gasteiger partial charge in [-0.15, -0.1) is 0 Å². The lowest BCUT2D eigenvalue weighted by atomic mass is 10.1. The van der Waals surface area contributed by atoms with E-state index >= 15 is 0 Å². The second-order valence-electron chi connectivity index (χ2n) is 4.06. The van der Waals surface area contributed by atoms with Crippen molar-refractivity contribution in [3.8, 4) is 0 Å². The Hall–Kier alpha value is -0.880. The van der Waals surface area contributed by atoms with E-state index in [0.717, 1.165) is 6.07 Å². The summed E-state index contributed by atoms with van der Waals surface area (Å²) in [5.74, 6) is 0. The predicted octanol–water partition coefficient (Wildman–Crippen LogP) is 3.53. The second-order valence-corrected chi connectivity index (χ2v) is 6.57. The minimum atomic E-state index is -5.60. The molecule has 0 radical (unpaired) electrons. The maximum Gasteiger partial charge on any atom is 0.399 e. The SMILES string of the molecule is Cc1ccc2cc(Br)c(C(F)(F)P(=O)(O)O)cc2n1. The fourth-order valence-corrected chi connectivity index (χ4v) is 2.89. The van der Waals surface area contributed by atoms with Crippen molar-refractivity contribution in [1.29, 1.82) is 0 Å². The molecule has 0 aliphatic rings. The Kier molecular flexibility index (Phi) is 3.51. The number of alkyl halides is 2. The van der Waals surface area contributed by atoms with E-state index in [9.17, 15) is 13.3 Å². The Morgan fingerprint density at radius 2 is 1.95 bits per heavy atom. The lowest BCUT2D eigenvalue weighted by Gasteiger charge is -2.19. The summed E-state index contributed by atoms with van der Waals surface area (Å²) in [6, 6.07) is 5.77. The van der Waals surface area contributed by atoms with Crippen molar-refractivity contribution < 1.29 is 23.1 Å². The standard InChI is InChI=1S/C11H9BrF2NO3P/c1-6-2-3-7-4-9(12)8(5-10(7)15-6)11(13,14)19(16,17)18/h2-5H,1H3,(H2,16,17,18). The van der Waals surface area contributed by atoms with Crippen molar-refractivity contribution >= 4 is 34.4 Å². The summed E-state index contributed by atoms with van der Waals surface area (Å²) in [6.45, 7) is 1.70. The molecule has 1 heterocycles. The van der Waals surface area contributed by atoms with Gasteiger partial charge in [-0.3, -0.25) is 9.55 Å². The highest BCUT2D eigenvalue weighted by atomic mass is 79.9. The van der Waals surface area contributed by atoms with Gasteiger partial charge in [0.25, 0.3) is 0 Å². The normalized spacial score (nSPS) is 12.9. The van der Waals surface area contributed by atoms with Crippen molar-refractivity contribution in [3.63, 3.8) is 0 Å². The van der Waals surface area contributed by atoms with Crippen molar-refractivity contribution in [3.05, 3.63) is 40.0 Å². The summed E-state index contributed by atoms with van der Waals surface area (Å²) in [4.78, 5) is 21.6. The van der Waals surface area contributed by atoms with E-state index in [1.807, 2.05) is 0 Å². The second kappa shape index (κ2) is 4.59. The van der Waals surface area contributed by atoms with E-state index in [2.05, 4.69) is 20.9 Å². The minimum Gasteiger partial charge on any atom is -0.320 e. The molecule has 0 unspecified atom stereocenters. The van der Waals surface area contributed by atoms with Crippen LogP contribution >= 0.6 is 23.5 Å². The lowest BCUT2D eigenvalue weighted by molar-refractivity contribution is 0.0558. The zero-order chi connectivity index (χ0) is 14.4. The molecule has 102 valence electrons. The fourth-order valence-electron chi connectivity index (χ4n) is 1.63. The van der Waals surface area contributed by atoms with Crippen LogP contribution in [0.25, 0.3) is 10.9 Å². The Bertz CT molecular complexity index is 702. The van der Waals surface area contributed by atoms with E-state index in [0.29, 0.717) is 11.1 Å². The lowest BCUT2D eigenvalue weighted by Crippen LogP contribution is -2.14. The van der Waals surface area contributed by atoms with Crippen molar-refractivity contribution in [2.24, 2.45) is 0 Å². The molecule has 0 spiro atoms. The van der Waals surface area contributed by atoms with E-state index in [4.69, 9.17) is 9.79 Å². The first kappa shape index (κ1) is 14.5. The first-order valence-corrected chi connectivity index (χ1v) is 7.54. The van der Waals surface area contributed by atoms with Crippen LogP contribution in [-0.4, -0.2) is 14.8 Å². The average Bonchev–Trinajstić information content (AvgIpc) is 2.27. The molecule has 2 rings (SSSR count). The number of benzene rings is 1. The Morgan fingerprint density at radius 1 is 1.32 bits per heavy atom. The van der Waals surface area contributed by atoms with E-state index in [1.54, 1.807) is 19.1 Å². The number of rotatable bonds is 2. The van der Waals surface area contributed by atoms with Gasteiger partial charge in [-0.05, 0) is 25.1 Å². The molecule has 0 saturated carbocycles. The third-order valence-electron chi connectivity index (χ3n) is 2.61. The summed E-state index contributed by atoms with van der Waals surface area (Å²) < 4.78 is 38.3. The van der Waals surface area contributed by atoms with E-state index in [1.165, 1.54) is 6.07 Å². The number of fused-ring (bicyclic) bond motifs is 1. The summed E-state index contributed by atoms with van der Waals surface area (Å²) in [6.07, 6.45) is 0. The van der Waals surface area contributed by atoms with Crippen LogP contribution in [0.5, 0.6) is 0 Å². The number of pyridine rings is 1. The number of aryl methyl sites for hydroxylation is 1. The van der Waals surface area contributed by atoms with Crippen LogP contribution in [0, 0.1) is 6.92 Å². The van der Waals surface area contributed by atoms with E-state index in [-0.39, 0.29) is 9.99 Å². The van der Waals surface area contributed by atoms with Crippen LogP contribution in [0.15, 0.2) is 28.7 Å². The van der Waals surface area contributed by atoms with Crippen LogP contribution < -0.4 is 0 Å². The smallest absolute Gasteiger partial charge is 0.320 e. The van der Waals surface area contributed by atoms with Gasteiger partial charge in [0, 0.05) is 21.1 Å². The highest BCUT2D eigenvalue weighted by Gasteiger charge is 2.51. The molecule has 8 heteroatoms. The topological polar surface area (TPSA) is 70.4 Å². The zero-order valence-corrected chi connectivity index (χ0v) is 12.1. The Balaban J connectivity index is 2.74. The van der Waals surface area contributed by atoms with Gasteiger partial charge in [0.15, 0.2) is 0 Å². The highest BCUT2D eigenvalue weighted by Crippen LogP contribution is 2.60. The molecule has 0 bridgehead atoms. The molecule has 19 heavy (non-hydrogen) atoms. The van der Waals surface area contributed by atoms with Gasteiger partial charge in [-0.2, -0.15) is 8.78 Å². The number of hydrogen-bond acceptors (Lipinski definition) is 2. The van der Waals surface area contributed by atoms with Crippen LogP contribution in [0.4, 0.5) is 8.78 Å². The monoisotopic (exact) mass is 351 g/mol. The van der Waals surface area contributed by atoms with Gasteiger partial charge in [0.05, 0.1) is 5.52 Å². The van der Waals surface area contributed by atoms with Crippen LogP contribution in [0.3, 0.4) is 0 Å². The van der Waals surface area contributed by atoms with Crippen molar-refractivity contribution in [2.45, 2.75) is 12.6 Å². The van der Waals surface area contributed by atoms with Crippen molar-refractivity contribution in [2.75, 3.05) is 0 Å². The summed E-state index contributed by atoms with van der Waals surface area (Å²) >= 11 is 2.91. The molecule has 0 atom stereocenters. The highest BCUT2D eigenvalue weighted by molar-refractivity contribution is 9.10. The molecular weight excluding hydrogens is 343 g/mol. The fraction of sp³-hybridized carbons (Fsp3) is 0.182. The molecule has 1 aromatic heterocycles. The molecule has 2 aromatic rings. The Morgan fingerprint density at radius 3 is 2.53 bits per heavy atom. The average molecular weight is 352 g/mol. The maximum atomic E-state index is 13.7.